The number of aryl methyl sites for hydroxylation is 1. The molecule has 0 fully saturated rings. The van der Waals surface area contributed by atoms with Crippen LogP contribution in [0, 0.1) is 6.92 Å². The fourth-order valence-electron chi connectivity index (χ4n) is 2.76. The number of aromatic nitrogens is 5. The van der Waals surface area contributed by atoms with Crippen molar-refractivity contribution < 1.29 is 0 Å². The number of anilines is 1. The van der Waals surface area contributed by atoms with Crippen molar-refractivity contribution in [3.63, 3.8) is 0 Å². The molecule has 0 radical (unpaired) electrons. The van der Waals surface area contributed by atoms with Gasteiger partial charge in [0, 0.05) is 18.4 Å². The van der Waals surface area contributed by atoms with Crippen LogP contribution in [0.15, 0.2) is 22.9 Å². The van der Waals surface area contributed by atoms with Crippen LogP contribution in [-0.4, -0.2) is 31.5 Å². The van der Waals surface area contributed by atoms with Gasteiger partial charge in [-0.1, -0.05) is 0 Å². The van der Waals surface area contributed by atoms with Gasteiger partial charge in [-0.3, -0.25) is 9.78 Å². The number of nitrogens with zero attached hydrogens (tertiary/aromatic N) is 5. The molecule has 0 bridgehead atoms. The molecule has 3 aromatic heterocycles. The summed E-state index contributed by atoms with van der Waals surface area (Å²) < 4.78 is 3.12. The monoisotopic (exact) mass is 332 g/mol. The molecule has 4 heterocycles. The van der Waals surface area contributed by atoms with E-state index in [1.54, 1.807) is 0 Å². The van der Waals surface area contributed by atoms with Crippen molar-refractivity contribution in [1.82, 2.24) is 25.0 Å². The Labute approximate surface area is 123 Å². The zero-order valence-electron chi connectivity index (χ0n) is 11.0. The summed E-state index contributed by atoms with van der Waals surface area (Å²) in [5.41, 5.74) is 4.22. The van der Waals surface area contributed by atoms with E-state index in [0.29, 0.717) is 0 Å². The lowest BCUT2D eigenvalue weighted by atomic mass is 10.2. The van der Waals surface area contributed by atoms with Crippen LogP contribution in [0.2, 0.25) is 0 Å². The minimum absolute atomic E-state index is 0.776. The fourth-order valence-corrected chi connectivity index (χ4v) is 3.18. The average molecular weight is 333 g/mol. The van der Waals surface area contributed by atoms with E-state index in [1.165, 1.54) is 11.4 Å². The number of hydrogen-bond donors (Lipinski definition) is 1. The molecule has 1 aliphatic rings. The van der Waals surface area contributed by atoms with Crippen LogP contribution < -0.4 is 4.90 Å². The second-order valence-electron chi connectivity index (χ2n) is 4.96. The Kier molecular flexibility index (Phi) is 2.56. The third-order valence-corrected chi connectivity index (χ3v) is 4.44. The highest BCUT2D eigenvalue weighted by atomic mass is 79.9. The van der Waals surface area contributed by atoms with Gasteiger partial charge in [-0.2, -0.15) is 10.2 Å². The standard InChI is InChI=1S/C13H13BrN6/c1-8-12-10(2-3-15-13(12)18-17-8)19-4-5-20-11(7-19)9(14)6-16-20/h2-3,6H,4-5,7H2,1H3,(H,15,17,18). The first-order chi connectivity index (χ1) is 9.74. The van der Waals surface area contributed by atoms with Gasteiger partial charge < -0.3 is 4.90 Å². The zero-order valence-corrected chi connectivity index (χ0v) is 12.6. The Hall–Kier alpha value is -1.89. The number of H-pyrrole nitrogens is 1. The van der Waals surface area contributed by atoms with E-state index in [0.717, 1.165) is 40.8 Å². The molecular formula is C13H13BrN6. The van der Waals surface area contributed by atoms with Crippen LogP contribution in [0.3, 0.4) is 0 Å². The molecule has 0 saturated carbocycles. The molecule has 6 nitrogen and oxygen atoms in total. The highest BCUT2D eigenvalue weighted by Gasteiger charge is 2.22. The minimum atomic E-state index is 0.776. The average Bonchev–Trinajstić information content (AvgIpc) is 3.03. The second-order valence-corrected chi connectivity index (χ2v) is 5.82. The predicted octanol–water partition coefficient (Wildman–Crippen LogP) is 2.25. The summed E-state index contributed by atoms with van der Waals surface area (Å²) in [6.45, 7) is 4.70. The maximum absolute atomic E-state index is 4.37. The number of fused-ring (bicyclic) bond motifs is 2. The van der Waals surface area contributed by atoms with Gasteiger partial charge in [0.25, 0.3) is 0 Å². The molecule has 7 heteroatoms. The molecule has 0 amide bonds. The van der Waals surface area contributed by atoms with Crippen LogP contribution >= 0.6 is 15.9 Å². The van der Waals surface area contributed by atoms with Gasteiger partial charge in [0.05, 0.1) is 40.5 Å². The Morgan fingerprint density at radius 2 is 2.25 bits per heavy atom. The first-order valence-electron chi connectivity index (χ1n) is 6.49. The van der Waals surface area contributed by atoms with E-state index in [1.807, 2.05) is 19.3 Å². The third-order valence-electron chi connectivity index (χ3n) is 3.77. The van der Waals surface area contributed by atoms with E-state index in [-0.39, 0.29) is 0 Å². The third kappa shape index (κ3) is 1.66. The normalized spacial score (nSPS) is 14.8. The molecule has 0 saturated heterocycles. The quantitative estimate of drug-likeness (QED) is 0.742. The van der Waals surface area contributed by atoms with Gasteiger partial charge in [-0.05, 0) is 28.9 Å². The van der Waals surface area contributed by atoms with Gasteiger partial charge in [0.1, 0.15) is 0 Å². The van der Waals surface area contributed by atoms with Crippen molar-refractivity contribution >= 4 is 32.7 Å². The van der Waals surface area contributed by atoms with E-state index < -0.39 is 0 Å². The SMILES string of the molecule is Cc1[nH]nc2nccc(N3CCn4ncc(Br)c4C3)c12. The number of pyridine rings is 1. The molecule has 0 aliphatic carbocycles. The summed E-state index contributed by atoms with van der Waals surface area (Å²) in [7, 11) is 0. The van der Waals surface area contributed by atoms with Crippen molar-refractivity contribution in [1.29, 1.82) is 0 Å². The van der Waals surface area contributed by atoms with Crippen LogP contribution in [0.4, 0.5) is 5.69 Å². The zero-order chi connectivity index (χ0) is 13.7. The Morgan fingerprint density at radius 1 is 1.35 bits per heavy atom. The molecule has 1 aliphatic heterocycles. The Morgan fingerprint density at radius 3 is 3.15 bits per heavy atom. The van der Waals surface area contributed by atoms with Crippen molar-refractivity contribution in [2.24, 2.45) is 0 Å². The lowest BCUT2D eigenvalue weighted by Gasteiger charge is -2.30. The Balaban J connectivity index is 1.81. The maximum Gasteiger partial charge on any atom is 0.183 e. The first kappa shape index (κ1) is 11.9. The smallest absolute Gasteiger partial charge is 0.183 e. The highest BCUT2D eigenvalue weighted by molar-refractivity contribution is 9.10. The largest absolute Gasteiger partial charge is 0.363 e. The van der Waals surface area contributed by atoms with Crippen molar-refractivity contribution in [2.45, 2.75) is 20.0 Å². The molecule has 0 aromatic carbocycles. The van der Waals surface area contributed by atoms with Crippen molar-refractivity contribution in [2.75, 3.05) is 11.4 Å². The summed E-state index contributed by atoms with van der Waals surface area (Å²) in [4.78, 5) is 6.67. The van der Waals surface area contributed by atoms with E-state index in [2.05, 4.69) is 51.9 Å². The topological polar surface area (TPSA) is 62.6 Å². The molecule has 0 atom stereocenters. The molecule has 4 rings (SSSR count). The summed E-state index contributed by atoms with van der Waals surface area (Å²) in [5, 5.41) is 12.7. The molecular weight excluding hydrogens is 320 g/mol. The summed E-state index contributed by atoms with van der Waals surface area (Å²) in [6.07, 6.45) is 3.68. The van der Waals surface area contributed by atoms with Gasteiger partial charge in [-0.15, -0.1) is 0 Å². The molecule has 1 N–H and O–H groups in total. The van der Waals surface area contributed by atoms with Gasteiger partial charge >= 0.3 is 0 Å². The summed E-state index contributed by atoms with van der Waals surface area (Å²) in [5.74, 6) is 0. The van der Waals surface area contributed by atoms with E-state index in [9.17, 15) is 0 Å². The number of hydrogen-bond acceptors (Lipinski definition) is 4. The number of nitrogens with one attached hydrogen (secondary N) is 1. The van der Waals surface area contributed by atoms with Crippen LogP contribution in [0.5, 0.6) is 0 Å². The van der Waals surface area contributed by atoms with Gasteiger partial charge in [-0.25, -0.2) is 4.98 Å². The maximum atomic E-state index is 4.37. The van der Waals surface area contributed by atoms with Crippen molar-refractivity contribution in [3.8, 4) is 0 Å². The van der Waals surface area contributed by atoms with Gasteiger partial charge in [0.15, 0.2) is 5.65 Å². The molecule has 20 heavy (non-hydrogen) atoms. The predicted molar refractivity (Wildman–Crippen MR) is 79.6 cm³/mol. The lowest BCUT2D eigenvalue weighted by Crippen LogP contribution is -2.34. The van der Waals surface area contributed by atoms with Crippen LogP contribution in [-0.2, 0) is 13.1 Å². The number of rotatable bonds is 1. The molecule has 3 aromatic rings. The summed E-state index contributed by atoms with van der Waals surface area (Å²) in [6, 6.07) is 2.06. The number of halogens is 1. The van der Waals surface area contributed by atoms with Crippen molar-refractivity contribution in [3.05, 3.63) is 34.3 Å². The molecule has 0 spiro atoms. The van der Waals surface area contributed by atoms with Crippen LogP contribution in [0.1, 0.15) is 11.4 Å². The lowest BCUT2D eigenvalue weighted by molar-refractivity contribution is 0.519. The highest BCUT2D eigenvalue weighted by Crippen LogP contribution is 2.31. The fraction of sp³-hybridized carbons (Fsp3) is 0.308. The second kappa shape index (κ2) is 4.31. The molecule has 0 unspecified atom stereocenters. The minimum Gasteiger partial charge on any atom is -0.363 e. The summed E-state index contributed by atoms with van der Waals surface area (Å²) >= 11 is 3.57. The number of aromatic amines is 1. The van der Waals surface area contributed by atoms with E-state index in [4.69, 9.17) is 0 Å². The molecule has 102 valence electrons. The first-order valence-corrected chi connectivity index (χ1v) is 7.28. The van der Waals surface area contributed by atoms with E-state index >= 15 is 0 Å². The van der Waals surface area contributed by atoms with Crippen LogP contribution in [0.25, 0.3) is 11.0 Å². The Bertz CT molecular complexity index is 789. The van der Waals surface area contributed by atoms with Gasteiger partial charge in [0.2, 0.25) is 0 Å².